The van der Waals surface area contributed by atoms with E-state index >= 15 is 0 Å². The quantitative estimate of drug-likeness (QED) is 0.743. The summed E-state index contributed by atoms with van der Waals surface area (Å²) in [5, 5.41) is 2.30. The standard InChI is InChI=1S/C13H17N3O4/c1-20-13(19)9-4-6-16(7-9)8-11(17)15-12(18)10-3-2-5-14-10/h2-3,5,9,14H,4,6-8H2,1H3,(H,15,17,18). The predicted octanol–water partition coefficient (Wildman–Crippen LogP) is -0.234. The number of hydrogen-bond acceptors (Lipinski definition) is 5. The smallest absolute Gasteiger partial charge is 0.310 e. The van der Waals surface area contributed by atoms with E-state index in [2.05, 4.69) is 15.0 Å². The second-order valence-electron chi connectivity index (χ2n) is 4.70. The number of imide groups is 1. The molecule has 7 heteroatoms. The van der Waals surface area contributed by atoms with Gasteiger partial charge in [0, 0.05) is 12.7 Å². The largest absolute Gasteiger partial charge is 0.469 e. The van der Waals surface area contributed by atoms with Gasteiger partial charge in [-0.15, -0.1) is 0 Å². The van der Waals surface area contributed by atoms with E-state index in [1.165, 1.54) is 7.11 Å². The van der Waals surface area contributed by atoms with Gasteiger partial charge in [0.2, 0.25) is 5.91 Å². The van der Waals surface area contributed by atoms with Crippen molar-refractivity contribution in [3.63, 3.8) is 0 Å². The minimum absolute atomic E-state index is 0.0972. The molecular formula is C13H17N3O4. The van der Waals surface area contributed by atoms with Crippen molar-refractivity contribution in [1.29, 1.82) is 0 Å². The van der Waals surface area contributed by atoms with E-state index in [-0.39, 0.29) is 24.3 Å². The van der Waals surface area contributed by atoms with Gasteiger partial charge in [-0.05, 0) is 25.1 Å². The third-order valence-electron chi connectivity index (χ3n) is 3.27. The molecule has 2 heterocycles. The number of rotatable bonds is 4. The van der Waals surface area contributed by atoms with Crippen molar-refractivity contribution in [2.45, 2.75) is 6.42 Å². The lowest BCUT2D eigenvalue weighted by Gasteiger charge is -2.14. The molecule has 1 aliphatic rings. The molecule has 0 aliphatic carbocycles. The van der Waals surface area contributed by atoms with Crippen molar-refractivity contribution in [1.82, 2.24) is 15.2 Å². The molecule has 1 aromatic heterocycles. The van der Waals surface area contributed by atoms with Crippen molar-refractivity contribution >= 4 is 17.8 Å². The van der Waals surface area contributed by atoms with Crippen LogP contribution < -0.4 is 5.32 Å². The Bertz CT molecular complexity index is 498. The van der Waals surface area contributed by atoms with Gasteiger partial charge < -0.3 is 9.72 Å². The van der Waals surface area contributed by atoms with Crippen molar-refractivity contribution < 1.29 is 19.1 Å². The fourth-order valence-corrected chi connectivity index (χ4v) is 2.24. The fraction of sp³-hybridized carbons (Fsp3) is 0.462. The molecule has 20 heavy (non-hydrogen) atoms. The van der Waals surface area contributed by atoms with E-state index in [1.807, 2.05) is 4.90 Å². The Balaban J connectivity index is 1.78. The normalized spacial score (nSPS) is 18.8. The van der Waals surface area contributed by atoms with Crippen molar-refractivity contribution in [2.24, 2.45) is 5.92 Å². The van der Waals surface area contributed by atoms with E-state index in [1.54, 1.807) is 18.3 Å². The van der Waals surface area contributed by atoms with Gasteiger partial charge in [-0.25, -0.2) is 0 Å². The molecule has 1 unspecified atom stereocenters. The van der Waals surface area contributed by atoms with Crippen molar-refractivity contribution in [2.75, 3.05) is 26.7 Å². The summed E-state index contributed by atoms with van der Waals surface area (Å²) in [5.74, 6) is -1.28. The number of carbonyl (C=O) groups excluding carboxylic acids is 3. The molecule has 0 saturated carbocycles. The number of nitrogens with zero attached hydrogens (tertiary/aromatic N) is 1. The van der Waals surface area contributed by atoms with Crippen molar-refractivity contribution in [3.8, 4) is 0 Å². The third-order valence-corrected chi connectivity index (χ3v) is 3.27. The summed E-state index contributed by atoms with van der Waals surface area (Å²) in [6.45, 7) is 1.22. The van der Waals surface area contributed by atoms with Crippen LogP contribution in [0, 0.1) is 5.92 Å². The number of amides is 2. The van der Waals surface area contributed by atoms with Gasteiger partial charge in [-0.3, -0.25) is 24.6 Å². The number of hydrogen-bond donors (Lipinski definition) is 2. The van der Waals surface area contributed by atoms with E-state index < -0.39 is 5.91 Å². The molecule has 2 rings (SSSR count). The van der Waals surface area contributed by atoms with Gasteiger partial charge in [0.15, 0.2) is 0 Å². The van der Waals surface area contributed by atoms with Crippen LogP contribution in [0.1, 0.15) is 16.9 Å². The number of H-pyrrole nitrogens is 1. The maximum absolute atomic E-state index is 11.7. The zero-order valence-corrected chi connectivity index (χ0v) is 11.2. The summed E-state index contributed by atoms with van der Waals surface area (Å²) in [6, 6.07) is 3.27. The number of esters is 1. The molecule has 0 radical (unpaired) electrons. The Hall–Kier alpha value is -2.15. The summed E-state index contributed by atoms with van der Waals surface area (Å²) in [7, 11) is 1.35. The highest BCUT2D eigenvalue weighted by Gasteiger charge is 2.30. The highest BCUT2D eigenvalue weighted by molar-refractivity contribution is 6.04. The molecular weight excluding hydrogens is 262 g/mol. The summed E-state index contributed by atoms with van der Waals surface area (Å²) < 4.78 is 4.68. The van der Waals surface area contributed by atoms with Crippen LogP contribution >= 0.6 is 0 Å². The Labute approximate surface area is 116 Å². The van der Waals surface area contributed by atoms with Gasteiger partial charge in [-0.2, -0.15) is 0 Å². The van der Waals surface area contributed by atoms with Crippen LogP contribution in [0.5, 0.6) is 0 Å². The first-order chi connectivity index (χ1) is 9.60. The maximum atomic E-state index is 11.7. The molecule has 0 aromatic carbocycles. The van der Waals surface area contributed by atoms with E-state index in [0.29, 0.717) is 25.2 Å². The average Bonchev–Trinajstić information content (AvgIpc) is 3.08. The molecule has 1 fully saturated rings. The topological polar surface area (TPSA) is 91.5 Å². The molecule has 7 nitrogen and oxygen atoms in total. The van der Waals surface area contributed by atoms with Crippen molar-refractivity contribution in [3.05, 3.63) is 24.0 Å². The fourth-order valence-electron chi connectivity index (χ4n) is 2.24. The minimum atomic E-state index is -0.455. The molecule has 108 valence electrons. The minimum Gasteiger partial charge on any atom is -0.469 e. The average molecular weight is 279 g/mol. The molecule has 2 N–H and O–H groups in total. The third kappa shape index (κ3) is 3.45. The Morgan fingerprint density at radius 2 is 2.30 bits per heavy atom. The number of methoxy groups -OCH3 is 1. The number of nitrogens with one attached hydrogen (secondary N) is 2. The highest BCUT2D eigenvalue weighted by atomic mass is 16.5. The number of likely N-dealkylation sites (tertiary alicyclic amines) is 1. The first-order valence-corrected chi connectivity index (χ1v) is 6.38. The zero-order chi connectivity index (χ0) is 14.5. The number of ether oxygens (including phenoxy) is 1. The second kappa shape index (κ2) is 6.33. The molecule has 1 atom stereocenters. The van der Waals surface area contributed by atoms with Crippen LogP contribution in [0.2, 0.25) is 0 Å². The second-order valence-corrected chi connectivity index (χ2v) is 4.70. The summed E-state index contributed by atoms with van der Waals surface area (Å²) in [4.78, 5) is 39.3. The van der Waals surface area contributed by atoms with E-state index in [9.17, 15) is 14.4 Å². The van der Waals surface area contributed by atoms with Crippen LogP contribution in [0.15, 0.2) is 18.3 Å². The Kier molecular flexibility index (Phi) is 4.52. The molecule has 2 amide bonds. The molecule has 1 aromatic rings. The molecule has 1 aliphatic heterocycles. The molecule has 0 spiro atoms. The summed E-state index contributed by atoms with van der Waals surface area (Å²) >= 11 is 0. The lowest BCUT2D eigenvalue weighted by Crippen LogP contribution is -2.39. The van der Waals surface area contributed by atoms with Gasteiger partial charge >= 0.3 is 5.97 Å². The van der Waals surface area contributed by atoms with E-state index in [0.717, 1.165) is 0 Å². The van der Waals surface area contributed by atoms with Crippen LogP contribution in [-0.2, 0) is 14.3 Å². The predicted molar refractivity (Wildman–Crippen MR) is 69.8 cm³/mol. The zero-order valence-electron chi connectivity index (χ0n) is 11.2. The van der Waals surface area contributed by atoms with Crippen LogP contribution in [-0.4, -0.2) is 54.4 Å². The summed E-state index contributed by atoms with van der Waals surface area (Å²) in [5.41, 5.74) is 0.340. The highest BCUT2D eigenvalue weighted by Crippen LogP contribution is 2.16. The Morgan fingerprint density at radius 3 is 2.95 bits per heavy atom. The summed E-state index contributed by atoms with van der Waals surface area (Å²) in [6.07, 6.45) is 2.28. The Morgan fingerprint density at radius 1 is 1.50 bits per heavy atom. The van der Waals surface area contributed by atoms with Crippen LogP contribution in [0.3, 0.4) is 0 Å². The lowest BCUT2D eigenvalue weighted by atomic mass is 10.1. The van der Waals surface area contributed by atoms with Gasteiger partial charge in [0.25, 0.3) is 5.91 Å². The van der Waals surface area contributed by atoms with Gasteiger partial charge in [0.1, 0.15) is 5.69 Å². The lowest BCUT2D eigenvalue weighted by molar-refractivity contribution is -0.145. The van der Waals surface area contributed by atoms with Crippen LogP contribution in [0.4, 0.5) is 0 Å². The van der Waals surface area contributed by atoms with Gasteiger partial charge in [0.05, 0.1) is 19.6 Å². The number of aromatic amines is 1. The van der Waals surface area contributed by atoms with E-state index in [4.69, 9.17) is 0 Å². The monoisotopic (exact) mass is 279 g/mol. The molecule has 0 bridgehead atoms. The number of carbonyl (C=O) groups is 3. The van der Waals surface area contributed by atoms with Gasteiger partial charge in [-0.1, -0.05) is 0 Å². The number of aromatic nitrogens is 1. The maximum Gasteiger partial charge on any atom is 0.310 e. The van der Waals surface area contributed by atoms with Crippen LogP contribution in [0.25, 0.3) is 0 Å². The molecule has 1 saturated heterocycles. The first kappa shape index (κ1) is 14.3. The first-order valence-electron chi connectivity index (χ1n) is 6.38. The SMILES string of the molecule is COC(=O)C1CCN(CC(=O)NC(=O)c2ccc[nH]2)C1.